The molecular formula is C10H15BrN2OS. The van der Waals surface area contributed by atoms with Crippen LogP contribution < -0.4 is 5.32 Å². The van der Waals surface area contributed by atoms with Crippen LogP contribution in [0.2, 0.25) is 0 Å². The van der Waals surface area contributed by atoms with Crippen molar-refractivity contribution in [3.63, 3.8) is 0 Å². The molecule has 0 atom stereocenters. The highest BCUT2D eigenvalue weighted by Crippen LogP contribution is 2.34. The molecule has 1 N–H and O–H groups in total. The van der Waals surface area contributed by atoms with Crippen molar-refractivity contribution < 1.29 is 4.74 Å². The van der Waals surface area contributed by atoms with E-state index in [2.05, 4.69) is 26.2 Å². The van der Waals surface area contributed by atoms with E-state index >= 15 is 0 Å². The number of nitrogens with zero attached hydrogens (tertiary/aromatic N) is 1. The number of aromatic nitrogens is 1. The Bertz CT molecular complexity index is 323. The monoisotopic (exact) mass is 290 g/mol. The van der Waals surface area contributed by atoms with Crippen molar-refractivity contribution in [2.24, 2.45) is 0 Å². The lowest BCUT2D eigenvalue weighted by Gasteiger charge is -2.19. The molecule has 0 unspecified atom stereocenters. The third kappa shape index (κ3) is 2.78. The van der Waals surface area contributed by atoms with Crippen LogP contribution in [0.15, 0.2) is 3.79 Å². The first-order valence-electron chi connectivity index (χ1n) is 5.18. The molecule has 1 aromatic rings. The summed E-state index contributed by atoms with van der Waals surface area (Å²) in [5, 5.41) is 4.39. The van der Waals surface area contributed by atoms with E-state index in [-0.39, 0.29) is 0 Å². The molecule has 1 aliphatic heterocycles. The fourth-order valence-electron chi connectivity index (χ4n) is 1.75. The molecule has 15 heavy (non-hydrogen) atoms. The Morgan fingerprint density at radius 3 is 2.93 bits per heavy atom. The van der Waals surface area contributed by atoms with Gasteiger partial charge in [-0.05, 0) is 35.8 Å². The number of rotatable bonds is 3. The van der Waals surface area contributed by atoms with E-state index in [9.17, 15) is 0 Å². The van der Waals surface area contributed by atoms with Crippen molar-refractivity contribution >= 4 is 27.3 Å². The molecule has 0 amide bonds. The van der Waals surface area contributed by atoms with E-state index in [1.807, 2.05) is 7.05 Å². The zero-order chi connectivity index (χ0) is 10.7. The topological polar surface area (TPSA) is 34.2 Å². The minimum absolute atomic E-state index is 0.602. The highest BCUT2D eigenvalue weighted by atomic mass is 79.9. The molecule has 2 heterocycles. The van der Waals surface area contributed by atoms with Gasteiger partial charge in [0.05, 0.1) is 14.5 Å². The normalized spacial score (nSPS) is 18.3. The molecule has 1 saturated heterocycles. The first-order chi connectivity index (χ1) is 7.31. The van der Waals surface area contributed by atoms with E-state index in [1.165, 1.54) is 8.79 Å². The van der Waals surface area contributed by atoms with E-state index in [0.717, 1.165) is 38.3 Å². The lowest BCUT2D eigenvalue weighted by molar-refractivity contribution is 0.0852. The Morgan fingerprint density at radius 2 is 2.27 bits per heavy atom. The van der Waals surface area contributed by atoms with Gasteiger partial charge >= 0.3 is 0 Å². The zero-order valence-corrected chi connectivity index (χ0v) is 11.2. The summed E-state index contributed by atoms with van der Waals surface area (Å²) in [6, 6.07) is 0. The van der Waals surface area contributed by atoms with Crippen LogP contribution in [0.5, 0.6) is 0 Å². The average Bonchev–Trinajstić information content (AvgIpc) is 2.63. The van der Waals surface area contributed by atoms with Gasteiger partial charge in [-0.25, -0.2) is 4.98 Å². The highest BCUT2D eigenvalue weighted by Gasteiger charge is 2.20. The summed E-state index contributed by atoms with van der Waals surface area (Å²) in [4.78, 5) is 4.68. The van der Waals surface area contributed by atoms with Crippen LogP contribution in [0.1, 0.15) is 29.5 Å². The average molecular weight is 291 g/mol. The van der Waals surface area contributed by atoms with Crippen LogP contribution in [0.4, 0.5) is 0 Å². The maximum Gasteiger partial charge on any atom is 0.0973 e. The van der Waals surface area contributed by atoms with Crippen molar-refractivity contribution in [3.8, 4) is 0 Å². The number of halogens is 1. The van der Waals surface area contributed by atoms with Crippen LogP contribution in [-0.2, 0) is 11.3 Å². The second-order valence-electron chi connectivity index (χ2n) is 3.69. The number of hydrogen-bond donors (Lipinski definition) is 1. The molecule has 2 rings (SSSR count). The van der Waals surface area contributed by atoms with Gasteiger partial charge < -0.3 is 10.1 Å². The summed E-state index contributed by atoms with van der Waals surface area (Å²) in [6.45, 7) is 2.59. The molecule has 3 nitrogen and oxygen atoms in total. The summed E-state index contributed by atoms with van der Waals surface area (Å²) in [5.41, 5.74) is 1.13. The van der Waals surface area contributed by atoms with Crippen LogP contribution in [0.25, 0.3) is 0 Å². The Labute approximate surface area is 102 Å². The summed E-state index contributed by atoms with van der Waals surface area (Å²) >= 11 is 5.34. The molecule has 5 heteroatoms. The van der Waals surface area contributed by atoms with Crippen molar-refractivity contribution in [1.29, 1.82) is 0 Å². The quantitative estimate of drug-likeness (QED) is 0.929. The Balaban J connectivity index is 2.10. The van der Waals surface area contributed by atoms with Crippen LogP contribution in [0.3, 0.4) is 0 Å². The number of nitrogens with one attached hydrogen (secondary N) is 1. The maximum atomic E-state index is 5.36. The number of thiazole rings is 1. The molecule has 1 fully saturated rings. The van der Waals surface area contributed by atoms with Crippen molar-refractivity contribution in [2.45, 2.75) is 25.3 Å². The molecule has 0 aliphatic carbocycles. The van der Waals surface area contributed by atoms with Crippen molar-refractivity contribution in [2.75, 3.05) is 20.3 Å². The van der Waals surface area contributed by atoms with Gasteiger partial charge in [0.2, 0.25) is 0 Å². The smallest absolute Gasteiger partial charge is 0.0973 e. The largest absolute Gasteiger partial charge is 0.381 e. The molecule has 0 bridgehead atoms. The first kappa shape index (κ1) is 11.5. The van der Waals surface area contributed by atoms with Gasteiger partial charge in [0.25, 0.3) is 0 Å². The summed E-state index contributed by atoms with van der Waals surface area (Å²) in [6.07, 6.45) is 2.22. The first-order valence-corrected chi connectivity index (χ1v) is 6.79. The lowest BCUT2D eigenvalue weighted by Crippen LogP contribution is -2.14. The van der Waals surface area contributed by atoms with E-state index in [1.54, 1.807) is 11.3 Å². The van der Waals surface area contributed by atoms with Gasteiger partial charge in [-0.1, -0.05) is 0 Å². The van der Waals surface area contributed by atoms with E-state index < -0.39 is 0 Å². The van der Waals surface area contributed by atoms with Gasteiger partial charge in [0, 0.05) is 25.7 Å². The van der Waals surface area contributed by atoms with Gasteiger partial charge in [0.1, 0.15) is 0 Å². The minimum Gasteiger partial charge on any atom is -0.381 e. The molecule has 0 saturated carbocycles. The molecule has 1 aromatic heterocycles. The van der Waals surface area contributed by atoms with E-state index in [0.29, 0.717) is 5.92 Å². The summed E-state index contributed by atoms with van der Waals surface area (Å²) in [5.74, 6) is 0.602. The molecule has 84 valence electrons. The minimum atomic E-state index is 0.602. The fourth-order valence-corrected chi connectivity index (χ4v) is 3.45. The Morgan fingerprint density at radius 1 is 1.53 bits per heavy atom. The summed E-state index contributed by atoms with van der Waals surface area (Å²) < 4.78 is 6.52. The predicted octanol–water partition coefficient (Wildman–Crippen LogP) is 2.52. The Kier molecular flexibility index (Phi) is 4.13. The van der Waals surface area contributed by atoms with E-state index in [4.69, 9.17) is 4.74 Å². The molecule has 0 aromatic carbocycles. The molecule has 0 spiro atoms. The molecule has 0 radical (unpaired) electrons. The third-order valence-electron chi connectivity index (χ3n) is 2.58. The molecule has 1 aliphatic rings. The maximum absolute atomic E-state index is 5.36. The predicted molar refractivity (Wildman–Crippen MR) is 65.4 cm³/mol. The number of hydrogen-bond acceptors (Lipinski definition) is 4. The second kappa shape index (κ2) is 5.39. The lowest BCUT2D eigenvalue weighted by atomic mass is 10.0. The summed E-state index contributed by atoms with van der Waals surface area (Å²) in [7, 11) is 1.94. The standard InChI is InChI=1S/C10H15BrN2OS/c1-12-6-8-9(11)15-10(13-8)7-2-4-14-5-3-7/h7,12H,2-6H2,1H3. The number of ether oxygens (including phenoxy) is 1. The molecular weight excluding hydrogens is 276 g/mol. The van der Waals surface area contributed by atoms with Crippen molar-refractivity contribution in [1.82, 2.24) is 10.3 Å². The fraction of sp³-hybridized carbons (Fsp3) is 0.700. The van der Waals surface area contributed by atoms with Crippen molar-refractivity contribution in [3.05, 3.63) is 14.5 Å². The van der Waals surface area contributed by atoms with Crippen LogP contribution >= 0.6 is 27.3 Å². The third-order valence-corrected chi connectivity index (χ3v) is 4.57. The SMILES string of the molecule is CNCc1nc(C2CCOCC2)sc1Br. The second-order valence-corrected chi connectivity index (χ2v) is 6.04. The van der Waals surface area contributed by atoms with Gasteiger partial charge in [0.15, 0.2) is 0 Å². The zero-order valence-electron chi connectivity index (χ0n) is 8.75. The van der Waals surface area contributed by atoms with Crippen LogP contribution in [-0.4, -0.2) is 25.2 Å². The van der Waals surface area contributed by atoms with Crippen LogP contribution in [0, 0.1) is 0 Å². The highest BCUT2D eigenvalue weighted by molar-refractivity contribution is 9.11. The van der Waals surface area contributed by atoms with Gasteiger partial charge in [-0.15, -0.1) is 11.3 Å². The van der Waals surface area contributed by atoms with Gasteiger partial charge in [-0.2, -0.15) is 0 Å². The Hall–Kier alpha value is 0.0300. The van der Waals surface area contributed by atoms with Gasteiger partial charge in [-0.3, -0.25) is 0 Å².